The van der Waals surface area contributed by atoms with E-state index in [0.29, 0.717) is 10.9 Å². The first-order chi connectivity index (χ1) is 12.9. The number of rotatable bonds is 18. The van der Waals surface area contributed by atoms with Gasteiger partial charge in [0.1, 0.15) is 0 Å². The number of unbranched alkanes of at least 4 members (excludes halogenated alkanes) is 11. The molecule has 0 saturated carbocycles. The molecule has 0 rings (SSSR count). The third-order valence-electron chi connectivity index (χ3n) is 5.12. The van der Waals surface area contributed by atoms with Gasteiger partial charge in [0.2, 0.25) is 6.23 Å². The van der Waals surface area contributed by atoms with Crippen LogP contribution in [-0.4, -0.2) is 37.8 Å². The molecule has 0 aliphatic heterocycles. The largest absolute Gasteiger partial charge is 1.00 e. The fourth-order valence-electron chi connectivity index (χ4n) is 3.34. The molecule has 1 atom stereocenters. The van der Waals surface area contributed by atoms with E-state index >= 15 is 0 Å². The second-order valence-corrected chi connectivity index (χ2v) is 8.80. The lowest BCUT2D eigenvalue weighted by Gasteiger charge is -2.32. The predicted molar refractivity (Wildman–Crippen MR) is 118 cm³/mol. The van der Waals surface area contributed by atoms with Crippen LogP contribution in [0, 0.1) is 0 Å². The lowest BCUT2D eigenvalue weighted by atomic mass is 10.1. The number of ether oxygens (including phenoxy) is 1. The summed E-state index contributed by atoms with van der Waals surface area (Å²) in [6.45, 7) is 4.34. The van der Waals surface area contributed by atoms with Crippen LogP contribution in [0.5, 0.6) is 0 Å². The lowest BCUT2D eigenvalue weighted by Crippen LogP contribution is -3.00. The van der Waals surface area contributed by atoms with Crippen LogP contribution in [0.1, 0.15) is 110 Å². The zero-order valence-electron chi connectivity index (χ0n) is 19.5. The van der Waals surface area contributed by atoms with Crippen LogP contribution in [0.4, 0.5) is 0 Å². The molecule has 0 fully saturated rings. The molecule has 3 nitrogen and oxygen atoms in total. The van der Waals surface area contributed by atoms with E-state index in [9.17, 15) is 4.79 Å². The summed E-state index contributed by atoms with van der Waals surface area (Å²) < 4.78 is 6.28. The van der Waals surface area contributed by atoms with E-state index < -0.39 is 0 Å². The summed E-state index contributed by atoms with van der Waals surface area (Å²) in [7, 11) is 6.22. The average molecular weight is 418 g/mol. The average Bonchev–Trinajstić information content (AvgIpc) is 2.62. The molecule has 0 saturated heterocycles. The maximum Gasteiger partial charge on any atom is 0.310 e. The number of hydrogen-bond donors (Lipinski definition) is 0. The zero-order valence-corrected chi connectivity index (χ0v) is 20.2. The van der Waals surface area contributed by atoms with E-state index in [1.165, 1.54) is 70.6 Å². The highest BCUT2D eigenvalue weighted by Gasteiger charge is 2.25. The fraction of sp³-hybridized carbons (Fsp3) is 0.875. The van der Waals surface area contributed by atoms with Gasteiger partial charge < -0.3 is 17.1 Å². The van der Waals surface area contributed by atoms with Gasteiger partial charge in [0.25, 0.3) is 0 Å². The second-order valence-electron chi connectivity index (χ2n) is 8.80. The number of esters is 1. The van der Waals surface area contributed by atoms with Gasteiger partial charge in [-0.15, -0.1) is 0 Å². The summed E-state index contributed by atoms with van der Waals surface area (Å²) >= 11 is 0. The highest BCUT2D eigenvalue weighted by molar-refractivity contribution is 5.69. The molecule has 0 spiro atoms. The molecule has 168 valence electrons. The Morgan fingerprint density at radius 3 is 1.71 bits per heavy atom. The van der Waals surface area contributed by atoms with Gasteiger partial charge in [0, 0.05) is 12.8 Å². The van der Waals surface area contributed by atoms with Crippen molar-refractivity contribution in [1.82, 2.24) is 0 Å². The zero-order chi connectivity index (χ0) is 20.4. The molecule has 4 heteroatoms. The first-order valence-electron chi connectivity index (χ1n) is 11.6. The van der Waals surface area contributed by atoms with Gasteiger partial charge in [0.15, 0.2) is 0 Å². The number of carbonyl (C=O) groups excluding carboxylic acids is 1. The monoisotopic (exact) mass is 417 g/mol. The molecule has 1 unspecified atom stereocenters. The molecule has 0 bridgehead atoms. The van der Waals surface area contributed by atoms with Crippen LogP contribution in [0.3, 0.4) is 0 Å². The number of carbonyl (C=O) groups is 1. The normalized spacial score (nSPS) is 12.8. The van der Waals surface area contributed by atoms with E-state index in [-0.39, 0.29) is 24.6 Å². The Hall–Kier alpha value is -0.540. The first-order valence-corrected chi connectivity index (χ1v) is 11.6. The Labute approximate surface area is 182 Å². The predicted octanol–water partition coefficient (Wildman–Crippen LogP) is 4.01. The quantitative estimate of drug-likeness (QED) is 0.111. The van der Waals surface area contributed by atoms with E-state index in [1.807, 2.05) is 0 Å². The van der Waals surface area contributed by atoms with Gasteiger partial charge in [0.05, 0.1) is 21.1 Å². The van der Waals surface area contributed by atoms with Crippen LogP contribution < -0.4 is 12.4 Å². The van der Waals surface area contributed by atoms with Crippen molar-refractivity contribution < 1.29 is 26.4 Å². The number of allylic oxidation sites excluding steroid dienone is 2. The number of hydrogen-bond acceptors (Lipinski definition) is 2. The molecule has 0 aromatic heterocycles. The lowest BCUT2D eigenvalue weighted by molar-refractivity contribution is -0.917. The molecule has 0 aliphatic carbocycles. The summed E-state index contributed by atoms with van der Waals surface area (Å²) in [6.07, 6.45) is 22.7. The third kappa shape index (κ3) is 18.8. The van der Waals surface area contributed by atoms with Gasteiger partial charge in [-0.2, -0.15) is 0 Å². The van der Waals surface area contributed by atoms with Gasteiger partial charge in [-0.1, -0.05) is 77.4 Å². The maximum atomic E-state index is 12.0. The van der Waals surface area contributed by atoms with Gasteiger partial charge in [-0.25, -0.2) is 0 Å². The molecular weight excluding hydrogens is 370 g/mol. The summed E-state index contributed by atoms with van der Waals surface area (Å²) in [4.78, 5) is 12.0. The van der Waals surface area contributed by atoms with Crippen molar-refractivity contribution in [1.29, 1.82) is 0 Å². The molecule has 0 N–H and O–H groups in total. The Morgan fingerprint density at radius 1 is 0.786 bits per heavy atom. The van der Waals surface area contributed by atoms with Crippen molar-refractivity contribution in [3.8, 4) is 0 Å². The van der Waals surface area contributed by atoms with Crippen molar-refractivity contribution in [3.63, 3.8) is 0 Å². The fourth-order valence-corrected chi connectivity index (χ4v) is 3.34. The minimum absolute atomic E-state index is 0. The maximum absolute atomic E-state index is 12.0. The van der Waals surface area contributed by atoms with Crippen LogP contribution in [0.2, 0.25) is 0 Å². The summed E-state index contributed by atoms with van der Waals surface area (Å²) in [5.41, 5.74) is 0. The van der Waals surface area contributed by atoms with Crippen LogP contribution >= 0.6 is 0 Å². The SMILES string of the molecule is CCCCCCCCC=CCCCCCCCC(=O)OC(CC)[N+](C)(C)C.[Cl-]. The summed E-state index contributed by atoms with van der Waals surface area (Å²) in [5.74, 6) is -0.0347. The van der Waals surface area contributed by atoms with E-state index in [2.05, 4.69) is 47.1 Å². The van der Waals surface area contributed by atoms with Crippen LogP contribution in [0.15, 0.2) is 12.2 Å². The molecule has 0 aliphatic rings. The number of nitrogens with zero attached hydrogens (tertiary/aromatic N) is 1. The number of halogens is 1. The van der Waals surface area contributed by atoms with Crippen molar-refractivity contribution in [3.05, 3.63) is 12.2 Å². The minimum Gasteiger partial charge on any atom is -1.00 e. The molecule has 0 amide bonds. The molecule has 0 heterocycles. The Balaban J connectivity index is 0. The number of quaternary nitrogens is 1. The van der Waals surface area contributed by atoms with Crippen LogP contribution in [0.25, 0.3) is 0 Å². The summed E-state index contributed by atoms with van der Waals surface area (Å²) in [5, 5.41) is 0. The molecular formula is C24H48ClNO2. The summed E-state index contributed by atoms with van der Waals surface area (Å²) in [6, 6.07) is 0. The van der Waals surface area contributed by atoms with Gasteiger partial charge >= 0.3 is 5.97 Å². The topological polar surface area (TPSA) is 26.3 Å². The van der Waals surface area contributed by atoms with Crippen molar-refractivity contribution in [2.45, 2.75) is 116 Å². The highest BCUT2D eigenvalue weighted by atomic mass is 35.5. The standard InChI is InChI=1S/C24H48NO2.ClH/c1-6-8-9-10-11-12-13-14-15-16-17-18-19-20-21-22-24(26)27-23(7-2)25(3,4)5;/h14-15,23H,6-13,16-22H2,1-5H3;1H/q+1;/p-1. The Bertz CT molecular complexity index is 377. The van der Waals surface area contributed by atoms with E-state index in [1.54, 1.807) is 0 Å². The first kappa shape index (κ1) is 29.7. The van der Waals surface area contributed by atoms with Crippen molar-refractivity contribution in [2.75, 3.05) is 21.1 Å². The van der Waals surface area contributed by atoms with E-state index in [4.69, 9.17) is 4.74 Å². The smallest absolute Gasteiger partial charge is 0.310 e. The minimum atomic E-state index is -0.0347. The van der Waals surface area contributed by atoms with Gasteiger partial charge in [-0.05, 0) is 32.1 Å². The second kappa shape index (κ2) is 19.8. The molecule has 28 heavy (non-hydrogen) atoms. The highest BCUT2D eigenvalue weighted by Crippen LogP contribution is 2.13. The Morgan fingerprint density at radius 2 is 1.25 bits per heavy atom. The van der Waals surface area contributed by atoms with E-state index in [0.717, 1.165) is 19.3 Å². The Kier molecular flexibility index (Phi) is 20.9. The molecule has 0 radical (unpaired) electrons. The third-order valence-corrected chi connectivity index (χ3v) is 5.12. The molecule has 0 aromatic carbocycles. The molecule has 0 aromatic rings. The van der Waals surface area contributed by atoms with Crippen molar-refractivity contribution in [2.24, 2.45) is 0 Å². The van der Waals surface area contributed by atoms with Crippen LogP contribution in [-0.2, 0) is 9.53 Å². The van der Waals surface area contributed by atoms with Gasteiger partial charge in [-0.3, -0.25) is 9.28 Å². The van der Waals surface area contributed by atoms with Crippen molar-refractivity contribution >= 4 is 5.97 Å².